The Labute approximate surface area is 129 Å². The van der Waals surface area contributed by atoms with Crippen LogP contribution in [0.15, 0.2) is 18.2 Å². The van der Waals surface area contributed by atoms with Gasteiger partial charge in [-0.15, -0.1) is 0 Å². The maximum absolute atomic E-state index is 3.52. The summed E-state index contributed by atoms with van der Waals surface area (Å²) in [6.45, 7) is 11.0. The lowest BCUT2D eigenvalue weighted by molar-refractivity contribution is 0.551. The van der Waals surface area contributed by atoms with E-state index in [4.69, 9.17) is 0 Å². The molecule has 0 aliphatic rings. The molecular formula is C17H30N2S. The summed E-state index contributed by atoms with van der Waals surface area (Å²) in [4.78, 5) is 2.37. The van der Waals surface area contributed by atoms with E-state index in [0.29, 0.717) is 12.0 Å². The smallest absolute Gasteiger partial charge is 0.0369 e. The van der Waals surface area contributed by atoms with Gasteiger partial charge in [0.25, 0.3) is 0 Å². The molecule has 1 rings (SSSR count). The van der Waals surface area contributed by atoms with Crippen molar-refractivity contribution >= 4 is 17.4 Å². The maximum Gasteiger partial charge on any atom is 0.0369 e. The first-order chi connectivity index (χ1) is 9.45. The SMILES string of the molecule is CSCC(C)N(C)c1ccc(CNCC(C)C)c(C)c1. The van der Waals surface area contributed by atoms with Gasteiger partial charge in [0.2, 0.25) is 0 Å². The number of benzene rings is 1. The Kier molecular flexibility index (Phi) is 7.46. The summed E-state index contributed by atoms with van der Waals surface area (Å²) >= 11 is 1.90. The van der Waals surface area contributed by atoms with E-state index in [-0.39, 0.29) is 0 Å². The van der Waals surface area contributed by atoms with Gasteiger partial charge in [0.1, 0.15) is 0 Å². The average Bonchev–Trinajstić information content (AvgIpc) is 2.39. The lowest BCUT2D eigenvalue weighted by Gasteiger charge is -2.27. The largest absolute Gasteiger partial charge is 0.371 e. The van der Waals surface area contributed by atoms with Crippen LogP contribution in [0.1, 0.15) is 31.9 Å². The zero-order valence-electron chi connectivity index (χ0n) is 13.9. The molecule has 1 aromatic rings. The standard InChI is InChI=1S/C17H30N2S/c1-13(2)10-18-11-16-7-8-17(9-14(16)3)19(5)15(4)12-20-6/h7-9,13,15,18H,10-12H2,1-6H3. The number of hydrogen-bond acceptors (Lipinski definition) is 3. The van der Waals surface area contributed by atoms with Crippen molar-refractivity contribution in [1.29, 1.82) is 0 Å². The average molecular weight is 295 g/mol. The first-order valence-electron chi connectivity index (χ1n) is 7.47. The molecule has 0 aliphatic carbocycles. The fourth-order valence-electron chi connectivity index (χ4n) is 2.20. The van der Waals surface area contributed by atoms with Gasteiger partial charge >= 0.3 is 0 Å². The van der Waals surface area contributed by atoms with Gasteiger partial charge in [-0.05, 0) is 55.8 Å². The van der Waals surface area contributed by atoms with Crippen molar-refractivity contribution in [3.63, 3.8) is 0 Å². The minimum atomic E-state index is 0.564. The third-order valence-corrected chi connectivity index (χ3v) is 4.49. The molecule has 1 aromatic carbocycles. The van der Waals surface area contributed by atoms with Crippen LogP contribution < -0.4 is 10.2 Å². The zero-order chi connectivity index (χ0) is 15.1. The molecular weight excluding hydrogens is 264 g/mol. The lowest BCUT2D eigenvalue weighted by atomic mass is 10.1. The Hall–Kier alpha value is -0.670. The first-order valence-corrected chi connectivity index (χ1v) is 8.87. The molecule has 1 unspecified atom stereocenters. The number of aryl methyl sites for hydroxylation is 1. The summed E-state index contributed by atoms with van der Waals surface area (Å²) in [7, 11) is 2.19. The van der Waals surface area contributed by atoms with E-state index in [1.807, 2.05) is 11.8 Å². The van der Waals surface area contributed by atoms with E-state index >= 15 is 0 Å². The minimum absolute atomic E-state index is 0.564. The van der Waals surface area contributed by atoms with Crippen molar-refractivity contribution in [2.24, 2.45) is 5.92 Å². The van der Waals surface area contributed by atoms with Gasteiger partial charge in [-0.1, -0.05) is 19.9 Å². The second kappa shape index (κ2) is 8.58. The molecule has 0 spiro atoms. The van der Waals surface area contributed by atoms with Crippen molar-refractivity contribution in [3.05, 3.63) is 29.3 Å². The van der Waals surface area contributed by atoms with Crippen LogP contribution in [0.2, 0.25) is 0 Å². The molecule has 0 heterocycles. The summed E-state index contributed by atoms with van der Waals surface area (Å²) < 4.78 is 0. The van der Waals surface area contributed by atoms with Gasteiger partial charge in [0.15, 0.2) is 0 Å². The number of nitrogens with zero attached hydrogens (tertiary/aromatic N) is 1. The van der Waals surface area contributed by atoms with E-state index in [9.17, 15) is 0 Å². The van der Waals surface area contributed by atoms with E-state index in [0.717, 1.165) is 18.8 Å². The van der Waals surface area contributed by atoms with Crippen LogP contribution in [0.4, 0.5) is 5.69 Å². The summed E-state index contributed by atoms with van der Waals surface area (Å²) in [5.41, 5.74) is 4.10. The molecule has 0 bridgehead atoms. The molecule has 3 heteroatoms. The molecule has 0 saturated carbocycles. The third kappa shape index (κ3) is 5.37. The molecule has 0 saturated heterocycles. The summed E-state index contributed by atoms with van der Waals surface area (Å²) in [5.74, 6) is 1.86. The number of hydrogen-bond donors (Lipinski definition) is 1. The monoisotopic (exact) mass is 294 g/mol. The zero-order valence-corrected chi connectivity index (χ0v) is 14.7. The summed E-state index contributed by atoms with van der Waals surface area (Å²) in [6.07, 6.45) is 2.17. The van der Waals surface area contributed by atoms with Crippen molar-refractivity contribution in [2.75, 3.05) is 30.5 Å². The van der Waals surface area contributed by atoms with E-state index < -0.39 is 0 Å². The Morgan fingerprint density at radius 2 is 1.95 bits per heavy atom. The van der Waals surface area contributed by atoms with Gasteiger partial charge in [-0.2, -0.15) is 11.8 Å². The fourth-order valence-corrected chi connectivity index (χ4v) is 2.91. The molecule has 1 N–H and O–H groups in total. The predicted molar refractivity (Wildman–Crippen MR) is 94.0 cm³/mol. The highest BCUT2D eigenvalue weighted by molar-refractivity contribution is 7.98. The topological polar surface area (TPSA) is 15.3 Å². The molecule has 20 heavy (non-hydrogen) atoms. The molecule has 0 aliphatic heterocycles. The molecule has 0 radical (unpaired) electrons. The van der Waals surface area contributed by atoms with Crippen LogP contribution in [0, 0.1) is 12.8 Å². The van der Waals surface area contributed by atoms with Crippen LogP contribution >= 0.6 is 11.8 Å². The van der Waals surface area contributed by atoms with E-state index in [1.165, 1.54) is 16.8 Å². The highest BCUT2D eigenvalue weighted by Gasteiger charge is 2.10. The van der Waals surface area contributed by atoms with Crippen LogP contribution in [-0.2, 0) is 6.54 Å². The summed E-state index contributed by atoms with van der Waals surface area (Å²) in [5, 5.41) is 3.52. The highest BCUT2D eigenvalue weighted by Crippen LogP contribution is 2.21. The van der Waals surface area contributed by atoms with Crippen molar-refractivity contribution in [1.82, 2.24) is 5.32 Å². The second-order valence-electron chi connectivity index (χ2n) is 6.05. The highest BCUT2D eigenvalue weighted by atomic mass is 32.2. The molecule has 2 nitrogen and oxygen atoms in total. The second-order valence-corrected chi connectivity index (χ2v) is 6.96. The molecule has 0 aromatic heterocycles. The van der Waals surface area contributed by atoms with Gasteiger partial charge in [0.05, 0.1) is 0 Å². The van der Waals surface area contributed by atoms with E-state index in [1.54, 1.807) is 0 Å². The van der Waals surface area contributed by atoms with Crippen LogP contribution in [0.25, 0.3) is 0 Å². The van der Waals surface area contributed by atoms with Crippen LogP contribution in [-0.4, -0.2) is 31.6 Å². The third-order valence-electron chi connectivity index (χ3n) is 3.67. The minimum Gasteiger partial charge on any atom is -0.371 e. The quantitative estimate of drug-likeness (QED) is 0.782. The number of nitrogens with one attached hydrogen (secondary N) is 1. The van der Waals surface area contributed by atoms with Gasteiger partial charge in [-0.3, -0.25) is 0 Å². The maximum atomic E-state index is 3.52. The lowest BCUT2D eigenvalue weighted by Crippen LogP contribution is -2.30. The Balaban J connectivity index is 2.67. The van der Waals surface area contributed by atoms with E-state index in [2.05, 4.69) is 69.4 Å². The molecule has 0 amide bonds. The molecule has 114 valence electrons. The van der Waals surface area contributed by atoms with Crippen LogP contribution in [0.3, 0.4) is 0 Å². The van der Waals surface area contributed by atoms with Crippen LogP contribution in [0.5, 0.6) is 0 Å². The summed E-state index contributed by atoms with van der Waals surface area (Å²) in [6, 6.07) is 7.38. The fraction of sp³-hybridized carbons (Fsp3) is 0.647. The number of rotatable bonds is 8. The van der Waals surface area contributed by atoms with Gasteiger partial charge < -0.3 is 10.2 Å². The Morgan fingerprint density at radius 3 is 2.50 bits per heavy atom. The predicted octanol–water partition coefficient (Wildman–Crippen LogP) is 3.93. The van der Waals surface area contributed by atoms with Crippen molar-refractivity contribution in [3.8, 4) is 0 Å². The normalized spacial score (nSPS) is 12.8. The van der Waals surface area contributed by atoms with Gasteiger partial charge in [0, 0.05) is 31.1 Å². The Bertz CT molecular complexity index is 404. The van der Waals surface area contributed by atoms with Gasteiger partial charge in [-0.25, -0.2) is 0 Å². The van der Waals surface area contributed by atoms with Crippen molar-refractivity contribution in [2.45, 2.75) is 40.3 Å². The number of thioether (sulfide) groups is 1. The van der Waals surface area contributed by atoms with Crippen molar-refractivity contribution < 1.29 is 0 Å². The first kappa shape index (κ1) is 17.4. The Morgan fingerprint density at radius 1 is 1.25 bits per heavy atom. The molecule has 1 atom stereocenters. The molecule has 0 fully saturated rings. The number of anilines is 1.